The lowest BCUT2D eigenvalue weighted by atomic mass is 10.2. The van der Waals surface area contributed by atoms with Gasteiger partial charge in [0.15, 0.2) is 0 Å². The molecule has 0 radical (unpaired) electrons. The first-order valence-corrected chi connectivity index (χ1v) is 5.18. The molecule has 90 valence electrons. The van der Waals surface area contributed by atoms with Gasteiger partial charge in [0, 0.05) is 13.0 Å². The number of rotatable bonds is 4. The van der Waals surface area contributed by atoms with Gasteiger partial charge in [0.25, 0.3) is 0 Å². The van der Waals surface area contributed by atoms with Crippen LogP contribution in [0.25, 0.3) is 0 Å². The van der Waals surface area contributed by atoms with Gasteiger partial charge in [0.05, 0.1) is 24.6 Å². The summed E-state index contributed by atoms with van der Waals surface area (Å²) < 4.78 is 5.09. The third kappa shape index (κ3) is 3.68. The maximum atomic E-state index is 11.0. The second kappa shape index (κ2) is 5.75. The average Bonchev–Trinajstić information content (AvgIpc) is 2.30. The van der Waals surface area contributed by atoms with Gasteiger partial charge in [0.2, 0.25) is 5.91 Å². The summed E-state index contributed by atoms with van der Waals surface area (Å²) in [5.41, 5.74) is 1.29. The lowest BCUT2D eigenvalue weighted by Gasteiger charge is -2.14. The van der Waals surface area contributed by atoms with Gasteiger partial charge in [-0.25, -0.2) is 0 Å². The smallest absolute Gasteiger partial charge is 0.221 e. The van der Waals surface area contributed by atoms with E-state index >= 15 is 0 Å². The van der Waals surface area contributed by atoms with Crippen LogP contribution in [0.1, 0.15) is 13.8 Å². The molecule has 5 heteroatoms. The number of carbonyl (C=O) groups excluding carboxylic acids is 1. The predicted octanol–water partition coefficient (Wildman–Crippen LogP) is 1.98. The molecule has 0 aliphatic heterocycles. The summed E-state index contributed by atoms with van der Waals surface area (Å²) in [5.74, 6) is 0.495. The molecular weight excluding hydrogens is 218 g/mol. The molecule has 0 spiro atoms. The molecular formula is C12H15N3O2. The number of nitrogens with zero attached hydrogens (tertiary/aromatic N) is 1. The van der Waals surface area contributed by atoms with Crippen LogP contribution in [0.15, 0.2) is 18.2 Å². The fourth-order valence-corrected chi connectivity index (χ4v) is 1.33. The lowest BCUT2D eigenvalue weighted by molar-refractivity contribution is -0.114. The van der Waals surface area contributed by atoms with Gasteiger partial charge in [-0.3, -0.25) is 4.79 Å². The van der Waals surface area contributed by atoms with Crippen LogP contribution in [-0.2, 0) is 4.79 Å². The molecule has 0 saturated carbocycles. The summed E-state index contributed by atoms with van der Waals surface area (Å²) in [6, 6.07) is 6.92. The minimum Gasteiger partial charge on any atom is -0.497 e. The number of hydrogen-bond acceptors (Lipinski definition) is 4. The van der Waals surface area contributed by atoms with Gasteiger partial charge < -0.3 is 15.4 Å². The highest BCUT2D eigenvalue weighted by molar-refractivity contribution is 5.92. The predicted molar refractivity (Wildman–Crippen MR) is 66.0 cm³/mol. The quantitative estimate of drug-likeness (QED) is 0.833. The Balaban J connectivity index is 3.03. The molecule has 1 rings (SSSR count). The Morgan fingerprint density at radius 2 is 2.18 bits per heavy atom. The molecule has 1 aromatic carbocycles. The van der Waals surface area contributed by atoms with E-state index in [4.69, 9.17) is 10.00 Å². The maximum Gasteiger partial charge on any atom is 0.221 e. The molecule has 0 aliphatic rings. The first kappa shape index (κ1) is 12.8. The topological polar surface area (TPSA) is 74.2 Å². The zero-order chi connectivity index (χ0) is 12.8. The van der Waals surface area contributed by atoms with Crippen LogP contribution in [0, 0.1) is 11.3 Å². The van der Waals surface area contributed by atoms with Crippen molar-refractivity contribution in [1.29, 1.82) is 5.26 Å². The first-order valence-electron chi connectivity index (χ1n) is 5.18. The minimum atomic E-state index is -0.352. The molecule has 0 fully saturated rings. The third-order valence-electron chi connectivity index (χ3n) is 2.10. The highest BCUT2D eigenvalue weighted by Gasteiger charge is 2.08. The van der Waals surface area contributed by atoms with Gasteiger partial charge in [-0.2, -0.15) is 5.26 Å². The zero-order valence-electron chi connectivity index (χ0n) is 10.1. The number of nitriles is 1. The van der Waals surface area contributed by atoms with Gasteiger partial charge in [0.1, 0.15) is 11.8 Å². The number of hydrogen-bond donors (Lipinski definition) is 2. The van der Waals surface area contributed by atoms with E-state index in [0.29, 0.717) is 17.1 Å². The number of nitrogens with one attached hydrogen (secondary N) is 2. The number of ether oxygens (including phenoxy) is 1. The Bertz CT molecular complexity index is 452. The fourth-order valence-electron chi connectivity index (χ4n) is 1.33. The Labute approximate surface area is 100 Å². The number of methoxy groups -OCH3 is 1. The van der Waals surface area contributed by atoms with E-state index < -0.39 is 0 Å². The normalized spacial score (nSPS) is 11.2. The molecule has 0 heterocycles. The highest BCUT2D eigenvalue weighted by atomic mass is 16.5. The molecule has 1 amide bonds. The summed E-state index contributed by atoms with van der Waals surface area (Å²) in [7, 11) is 1.56. The van der Waals surface area contributed by atoms with Crippen LogP contribution in [0.3, 0.4) is 0 Å². The van der Waals surface area contributed by atoms with Crippen LogP contribution in [0.5, 0.6) is 5.75 Å². The van der Waals surface area contributed by atoms with Gasteiger partial charge in [-0.05, 0) is 19.1 Å². The molecule has 5 nitrogen and oxygen atoms in total. The Morgan fingerprint density at radius 1 is 1.47 bits per heavy atom. The summed E-state index contributed by atoms with van der Waals surface area (Å²) in [6.45, 7) is 3.17. The molecule has 0 saturated heterocycles. The molecule has 0 aliphatic carbocycles. The summed E-state index contributed by atoms with van der Waals surface area (Å²) in [4.78, 5) is 11.0. The molecule has 17 heavy (non-hydrogen) atoms. The minimum absolute atomic E-state index is 0.164. The van der Waals surface area contributed by atoms with Crippen LogP contribution in [-0.4, -0.2) is 19.1 Å². The second-order valence-electron chi connectivity index (χ2n) is 3.59. The largest absolute Gasteiger partial charge is 0.497 e. The van der Waals surface area contributed by atoms with Gasteiger partial charge in [-0.1, -0.05) is 0 Å². The molecule has 1 aromatic rings. The van der Waals surface area contributed by atoms with Gasteiger partial charge in [-0.15, -0.1) is 0 Å². The Kier molecular flexibility index (Phi) is 4.35. The first-order chi connectivity index (χ1) is 8.06. The lowest BCUT2D eigenvalue weighted by Crippen LogP contribution is -2.15. The zero-order valence-corrected chi connectivity index (χ0v) is 10.1. The van der Waals surface area contributed by atoms with Crippen molar-refractivity contribution in [1.82, 2.24) is 0 Å². The van der Waals surface area contributed by atoms with Crippen molar-refractivity contribution < 1.29 is 9.53 Å². The highest BCUT2D eigenvalue weighted by Crippen LogP contribution is 2.27. The van der Waals surface area contributed by atoms with E-state index in [1.165, 1.54) is 6.92 Å². The van der Waals surface area contributed by atoms with Crippen molar-refractivity contribution in [3.63, 3.8) is 0 Å². The molecule has 0 bridgehead atoms. The number of benzene rings is 1. The molecule has 1 unspecified atom stereocenters. The van der Waals surface area contributed by atoms with Crippen LogP contribution < -0.4 is 15.4 Å². The monoisotopic (exact) mass is 233 g/mol. The summed E-state index contributed by atoms with van der Waals surface area (Å²) in [5, 5.41) is 14.4. The van der Waals surface area contributed by atoms with Crippen molar-refractivity contribution in [2.45, 2.75) is 19.9 Å². The Hall–Kier alpha value is -2.22. The number of carbonyl (C=O) groups is 1. The summed E-state index contributed by atoms with van der Waals surface area (Å²) >= 11 is 0. The van der Waals surface area contributed by atoms with Crippen LogP contribution in [0.4, 0.5) is 11.4 Å². The fraction of sp³-hybridized carbons (Fsp3) is 0.333. The number of amides is 1. The third-order valence-corrected chi connectivity index (χ3v) is 2.10. The van der Waals surface area contributed by atoms with Crippen molar-refractivity contribution >= 4 is 17.3 Å². The van der Waals surface area contributed by atoms with E-state index in [1.54, 1.807) is 32.2 Å². The SMILES string of the molecule is COc1ccc(NC(C)=O)c(NC(C)C#N)c1. The Morgan fingerprint density at radius 3 is 2.71 bits per heavy atom. The van der Waals surface area contributed by atoms with E-state index in [9.17, 15) is 4.79 Å². The molecule has 2 N–H and O–H groups in total. The maximum absolute atomic E-state index is 11.0. The molecule has 1 atom stereocenters. The van der Waals surface area contributed by atoms with Crippen LogP contribution in [0.2, 0.25) is 0 Å². The summed E-state index contributed by atoms with van der Waals surface area (Å²) in [6.07, 6.45) is 0. The van der Waals surface area contributed by atoms with Crippen molar-refractivity contribution in [3.8, 4) is 11.8 Å². The van der Waals surface area contributed by atoms with Crippen LogP contribution >= 0.6 is 0 Å². The van der Waals surface area contributed by atoms with Crippen molar-refractivity contribution in [3.05, 3.63) is 18.2 Å². The second-order valence-corrected chi connectivity index (χ2v) is 3.59. The standard InChI is InChI=1S/C12H15N3O2/c1-8(7-13)14-12-6-10(17-3)4-5-11(12)15-9(2)16/h4-6,8,14H,1-3H3,(H,15,16). The van der Waals surface area contributed by atoms with E-state index in [0.717, 1.165) is 0 Å². The van der Waals surface area contributed by atoms with Gasteiger partial charge >= 0.3 is 0 Å². The average molecular weight is 233 g/mol. The van der Waals surface area contributed by atoms with E-state index in [1.807, 2.05) is 0 Å². The van der Waals surface area contributed by atoms with E-state index in [-0.39, 0.29) is 11.9 Å². The van der Waals surface area contributed by atoms with Crippen molar-refractivity contribution in [2.75, 3.05) is 17.7 Å². The molecule has 0 aromatic heterocycles. The van der Waals surface area contributed by atoms with E-state index in [2.05, 4.69) is 16.7 Å². The number of anilines is 2. The van der Waals surface area contributed by atoms with Crippen molar-refractivity contribution in [2.24, 2.45) is 0 Å².